The maximum atomic E-state index is 13.4. The molecule has 3 aromatic carbocycles. The van der Waals surface area contributed by atoms with Crippen LogP contribution in [-0.4, -0.2) is 25.0 Å². The minimum absolute atomic E-state index is 0.115. The lowest BCUT2D eigenvalue weighted by molar-refractivity contribution is 0.340. The van der Waals surface area contributed by atoms with Crippen LogP contribution in [0.2, 0.25) is 0 Å². The van der Waals surface area contributed by atoms with Gasteiger partial charge in [-0.25, -0.2) is 13.4 Å². The van der Waals surface area contributed by atoms with Gasteiger partial charge in [0.1, 0.15) is 16.5 Å². The quantitative estimate of drug-likeness (QED) is 0.494. The predicted molar refractivity (Wildman–Crippen MR) is 115 cm³/mol. The van der Waals surface area contributed by atoms with Gasteiger partial charge in [-0.05, 0) is 55.0 Å². The van der Waals surface area contributed by atoms with Crippen molar-refractivity contribution < 1.29 is 13.2 Å². The summed E-state index contributed by atoms with van der Waals surface area (Å²) in [5, 5.41) is 0. The first-order valence-electron chi connectivity index (χ1n) is 9.28. The lowest BCUT2D eigenvalue weighted by atomic mass is 10.2. The number of rotatable bonds is 6. The van der Waals surface area contributed by atoms with Gasteiger partial charge in [-0.2, -0.15) is 0 Å². The average Bonchev–Trinajstić information content (AvgIpc) is 3.17. The second kappa shape index (κ2) is 7.93. The number of nitrogens with zero attached hydrogens (tertiary/aromatic N) is 1. The van der Waals surface area contributed by atoms with E-state index in [1.165, 1.54) is 0 Å². The minimum Gasteiger partial charge on any atom is -0.494 e. The Morgan fingerprint density at radius 1 is 0.966 bits per heavy atom. The van der Waals surface area contributed by atoms with Crippen LogP contribution in [0.3, 0.4) is 0 Å². The lowest BCUT2D eigenvalue weighted by Crippen LogP contribution is -2.05. The van der Waals surface area contributed by atoms with Crippen LogP contribution in [0.5, 0.6) is 5.75 Å². The molecule has 1 heterocycles. The summed E-state index contributed by atoms with van der Waals surface area (Å²) in [6.45, 7) is 2.49. The van der Waals surface area contributed by atoms with Crippen molar-refractivity contribution in [2.45, 2.75) is 11.8 Å². The van der Waals surface area contributed by atoms with E-state index in [4.69, 9.17) is 4.74 Å². The lowest BCUT2D eigenvalue weighted by Gasteiger charge is -2.08. The van der Waals surface area contributed by atoms with Crippen molar-refractivity contribution in [1.29, 1.82) is 0 Å². The van der Waals surface area contributed by atoms with Gasteiger partial charge >= 0.3 is 0 Å². The number of nitrogens with one attached hydrogen (secondary N) is 1. The molecule has 1 aromatic heterocycles. The average molecular weight is 404 g/mol. The van der Waals surface area contributed by atoms with Gasteiger partial charge in [-0.1, -0.05) is 42.5 Å². The van der Waals surface area contributed by atoms with Gasteiger partial charge < -0.3 is 9.72 Å². The van der Waals surface area contributed by atoms with Gasteiger partial charge in [0.2, 0.25) is 9.84 Å². The molecule has 0 saturated carbocycles. The molecule has 146 valence electrons. The molecule has 0 aliphatic carbocycles. The van der Waals surface area contributed by atoms with Crippen LogP contribution in [0.15, 0.2) is 83.8 Å². The molecule has 29 heavy (non-hydrogen) atoms. The molecule has 4 rings (SSSR count). The fraction of sp³-hybridized carbons (Fsp3) is 0.0870. The summed E-state index contributed by atoms with van der Waals surface area (Å²) in [5.74, 6) is 1.05. The van der Waals surface area contributed by atoms with Crippen molar-refractivity contribution in [1.82, 2.24) is 9.97 Å². The number of benzene rings is 3. The second-order valence-electron chi connectivity index (χ2n) is 6.43. The molecular formula is C23H20N2O3S. The fourth-order valence-electron chi connectivity index (χ4n) is 3.05. The van der Waals surface area contributed by atoms with Crippen LogP contribution < -0.4 is 4.74 Å². The summed E-state index contributed by atoms with van der Waals surface area (Å²) in [7, 11) is -3.78. The van der Waals surface area contributed by atoms with Gasteiger partial charge in [-0.15, -0.1) is 0 Å². The Balaban J connectivity index is 1.87. The van der Waals surface area contributed by atoms with Crippen molar-refractivity contribution >= 4 is 31.9 Å². The van der Waals surface area contributed by atoms with Crippen LogP contribution in [0, 0.1) is 0 Å². The number of sulfone groups is 1. The normalized spacial score (nSPS) is 12.2. The summed E-state index contributed by atoms with van der Waals surface area (Å²) < 4.78 is 32.3. The molecule has 0 aliphatic rings. The van der Waals surface area contributed by atoms with Crippen molar-refractivity contribution in [2.24, 2.45) is 0 Å². The highest BCUT2D eigenvalue weighted by Gasteiger charge is 2.25. The number of H-pyrrole nitrogens is 1. The Morgan fingerprint density at radius 2 is 1.66 bits per heavy atom. The number of aromatic nitrogens is 2. The van der Waals surface area contributed by atoms with Gasteiger partial charge in [0.15, 0.2) is 0 Å². The Kier molecular flexibility index (Phi) is 5.18. The van der Waals surface area contributed by atoms with E-state index in [1.54, 1.807) is 36.4 Å². The molecule has 0 atom stereocenters. The molecule has 5 nitrogen and oxygen atoms in total. The Hall–Kier alpha value is -3.38. The van der Waals surface area contributed by atoms with E-state index in [2.05, 4.69) is 9.97 Å². The maximum Gasteiger partial charge on any atom is 0.210 e. The topological polar surface area (TPSA) is 72.0 Å². The number of imidazole rings is 1. The van der Waals surface area contributed by atoms with E-state index in [1.807, 2.05) is 55.5 Å². The maximum absolute atomic E-state index is 13.4. The highest BCUT2D eigenvalue weighted by atomic mass is 32.2. The zero-order valence-corrected chi connectivity index (χ0v) is 16.7. The number of hydrogen-bond acceptors (Lipinski definition) is 4. The summed E-state index contributed by atoms with van der Waals surface area (Å²) in [4.78, 5) is 8.00. The fourth-order valence-corrected chi connectivity index (χ4v) is 4.46. The third-order valence-electron chi connectivity index (χ3n) is 4.45. The highest BCUT2D eigenvalue weighted by Crippen LogP contribution is 2.30. The summed E-state index contributed by atoms with van der Waals surface area (Å²) >= 11 is 0. The van der Waals surface area contributed by atoms with Crippen molar-refractivity contribution in [3.05, 3.63) is 90.3 Å². The molecule has 1 N–H and O–H groups in total. The monoisotopic (exact) mass is 404 g/mol. The zero-order chi connectivity index (χ0) is 20.3. The van der Waals surface area contributed by atoms with Crippen LogP contribution in [-0.2, 0) is 9.84 Å². The molecule has 0 amide bonds. The smallest absolute Gasteiger partial charge is 0.210 e. The first-order valence-corrected chi connectivity index (χ1v) is 10.8. The van der Waals surface area contributed by atoms with Crippen molar-refractivity contribution in [3.8, 4) is 5.75 Å². The number of aromatic amines is 1. The number of hydrogen-bond donors (Lipinski definition) is 1. The van der Waals surface area contributed by atoms with Crippen molar-refractivity contribution in [2.75, 3.05) is 6.61 Å². The minimum atomic E-state index is -3.78. The molecule has 0 fully saturated rings. The third-order valence-corrected chi connectivity index (χ3v) is 6.24. The first-order chi connectivity index (χ1) is 14.1. The van der Waals surface area contributed by atoms with E-state index >= 15 is 0 Å². The molecular weight excluding hydrogens is 384 g/mol. The number of para-hydroxylation sites is 2. The molecule has 0 unspecified atom stereocenters. The van der Waals surface area contributed by atoms with Gasteiger partial charge in [0, 0.05) is 0 Å². The Bertz CT molecular complexity index is 1230. The van der Waals surface area contributed by atoms with Gasteiger partial charge in [-0.3, -0.25) is 0 Å². The summed E-state index contributed by atoms with van der Waals surface area (Å²) in [6, 6.07) is 23.1. The predicted octanol–water partition coefficient (Wildman–Crippen LogP) is 4.93. The van der Waals surface area contributed by atoms with Crippen molar-refractivity contribution in [3.63, 3.8) is 0 Å². The highest BCUT2D eigenvalue weighted by molar-refractivity contribution is 8.00. The van der Waals surface area contributed by atoms with E-state index in [-0.39, 0.29) is 9.80 Å². The Morgan fingerprint density at radius 3 is 2.34 bits per heavy atom. The number of ether oxygens (including phenoxy) is 1. The molecule has 0 bridgehead atoms. The van der Waals surface area contributed by atoms with Crippen LogP contribution >= 0.6 is 0 Å². The van der Waals surface area contributed by atoms with Gasteiger partial charge in [0.25, 0.3) is 0 Å². The molecule has 4 aromatic rings. The molecule has 0 aliphatic heterocycles. The Labute approximate surface area is 169 Å². The zero-order valence-electron chi connectivity index (χ0n) is 15.9. The van der Waals surface area contributed by atoms with Crippen LogP contribution in [0.4, 0.5) is 0 Å². The van der Waals surface area contributed by atoms with E-state index in [0.717, 1.165) is 16.8 Å². The molecule has 0 spiro atoms. The second-order valence-corrected chi connectivity index (χ2v) is 8.35. The molecule has 0 saturated heterocycles. The van der Waals surface area contributed by atoms with E-state index < -0.39 is 9.84 Å². The van der Waals surface area contributed by atoms with Crippen LogP contribution in [0.25, 0.3) is 22.0 Å². The molecule has 0 radical (unpaired) electrons. The first kappa shape index (κ1) is 19.0. The SMILES string of the molecule is CCOc1ccc(/C=C(\c2nc3ccccc3[nH]2)S(=O)(=O)c2ccccc2)cc1. The standard InChI is InChI=1S/C23H20N2O3S/c1-2-28-18-14-12-17(13-15-18)16-22(29(26,27)19-8-4-3-5-9-19)23-24-20-10-6-7-11-21(20)25-23/h3-16H,2H2,1H3,(H,24,25)/b22-16+. The third kappa shape index (κ3) is 3.93. The largest absolute Gasteiger partial charge is 0.494 e. The van der Waals surface area contributed by atoms with Crippen LogP contribution in [0.1, 0.15) is 18.3 Å². The van der Waals surface area contributed by atoms with Gasteiger partial charge in [0.05, 0.1) is 22.5 Å². The van der Waals surface area contributed by atoms with E-state index in [0.29, 0.717) is 17.9 Å². The van der Waals surface area contributed by atoms with E-state index in [9.17, 15) is 8.42 Å². The number of fused-ring (bicyclic) bond motifs is 1. The summed E-state index contributed by atoms with van der Waals surface area (Å²) in [6.07, 6.45) is 1.63. The summed E-state index contributed by atoms with van der Waals surface area (Å²) in [5.41, 5.74) is 2.23. The molecule has 6 heteroatoms.